The zero-order valence-corrected chi connectivity index (χ0v) is 13.3. The molecule has 0 atom stereocenters. The number of nitro groups is 1. The van der Waals surface area contributed by atoms with Gasteiger partial charge in [-0.3, -0.25) is 10.1 Å². The first-order valence-electron chi connectivity index (χ1n) is 6.16. The van der Waals surface area contributed by atoms with E-state index >= 15 is 0 Å². The normalized spacial score (nSPS) is 10.6. The van der Waals surface area contributed by atoms with E-state index < -0.39 is 4.92 Å². The van der Waals surface area contributed by atoms with Gasteiger partial charge in [0.25, 0.3) is 5.88 Å². The van der Waals surface area contributed by atoms with Crippen LogP contribution in [-0.4, -0.2) is 14.7 Å². The van der Waals surface area contributed by atoms with Crippen molar-refractivity contribution in [2.75, 3.05) is 0 Å². The van der Waals surface area contributed by atoms with E-state index in [4.69, 9.17) is 4.74 Å². The molecule has 0 saturated heterocycles. The Morgan fingerprint density at radius 2 is 2.25 bits per heavy atom. The number of rotatable bonds is 5. The first-order valence-corrected chi connectivity index (χ1v) is 7.24. The Balaban J connectivity index is 2.42. The van der Waals surface area contributed by atoms with Gasteiger partial charge in [0, 0.05) is 10.6 Å². The van der Waals surface area contributed by atoms with Crippen molar-refractivity contribution in [3.63, 3.8) is 0 Å². The molecule has 0 spiro atoms. The standard InChI is InChI=1S/C13H14IN3O3/c1-3-5-11-12(17(18)19)13(16(2)15-11)20-10-7-4-6-9(14)8-10/h4,6-8H,3,5H2,1-2H3. The molecule has 0 N–H and O–H groups in total. The minimum Gasteiger partial charge on any atom is -0.434 e. The van der Waals surface area contributed by atoms with Crippen LogP contribution < -0.4 is 4.74 Å². The van der Waals surface area contributed by atoms with E-state index in [0.717, 1.165) is 9.99 Å². The fraction of sp³-hybridized carbons (Fsp3) is 0.308. The van der Waals surface area contributed by atoms with E-state index in [1.165, 1.54) is 4.68 Å². The van der Waals surface area contributed by atoms with Gasteiger partial charge in [-0.2, -0.15) is 5.10 Å². The Kier molecular flexibility index (Phi) is 4.58. The Labute approximate surface area is 130 Å². The molecule has 20 heavy (non-hydrogen) atoms. The summed E-state index contributed by atoms with van der Waals surface area (Å²) in [4.78, 5) is 10.8. The summed E-state index contributed by atoms with van der Waals surface area (Å²) in [5, 5.41) is 15.4. The van der Waals surface area contributed by atoms with Gasteiger partial charge >= 0.3 is 5.69 Å². The third-order valence-electron chi connectivity index (χ3n) is 2.72. The zero-order valence-electron chi connectivity index (χ0n) is 11.2. The average molecular weight is 387 g/mol. The molecule has 0 saturated carbocycles. The van der Waals surface area contributed by atoms with Crippen molar-refractivity contribution in [1.82, 2.24) is 9.78 Å². The Hall–Kier alpha value is -1.64. The van der Waals surface area contributed by atoms with Crippen molar-refractivity contribution in [1.29, 1.82) is 0 Å². The molecule has 6 nitrogen and oxygen atoms in total. The molecule has 0 bridgehead atoms. The summed E-state index contributed by atoms with van der Waals surface area (Å²) < 4.78 is 8.08. The summed E-state index contributed by atoms with van der Waals surface area (Å²) in [7, 11) is 1.65. The van der Waals surface area contributed by atoms with Crippen LogP contribution in [0, 0.1) is 13.7 Å². The first-order chi connectivity index (χ1) is 9.52. The summed E-state index contributed by atoms with van der Waals surface area (Å²) in [6.45, 7) is 1.96. The van der Waals surface area contributed by atoms with Crippen molar-refractivity contribution in [2.45, 2.75) is 19.8 Å². The largest absolute Gasteiger partial charge is 0.434 e. The molecule has 1 aromatic carbocycles. The highest BCUT2D eigenvalue weighted by Crippen LogP contribution is 2.34. The molecule has 0 amide bonds. The van der Waals surface area contributed by atoms with Crippen LogP contribution in [0.5, 0.6) is 11.6 Å². The Morgan fingerprint density at radius 3 is 2.85 bits per heavy atom. The van der Waals surface area contributed by atoms with Gasteiger partial charge in [0.1, 0.15) is 11.4 Å². The van der Waals surface area contributed by atoms with Crippen molar-refractivity contribution >= 4 is 28.3 Å². The molecule has 0 fully saturated rings. The number of hydrogen-bond acceptors (Lipinski definition) is 4. The molecule has 2 rings (SSSR count). The summed E-state index contributed by atoms with van der Waals surface area (Å²) in [5.41, 5.74) is 0.411. The number of aromatic nitrogens is 2. The Morgan fingerprint density at radius 1 is 1.50 bits per heavy atom. The van der Waals surface area contributed by atoms with Crippen molar-refractivity contribution < 1.29 is 9.66 Å². The van der Waals surface area contributed by atoms with E-state index in [0.29, 0.717) is 17.9 Å². The minimum atomic E-state index is -0.429. The smallest absolute Gasteiger partial charge is 0.353 e. The number of benzene rings is 1. The van der Waals surface area contributed by atoms with Crippen molar-refractivity contribution in [3.8, 4) is 11.6 Å². The van der Waals surface area contributed by atoms with Crippen LogP contribution >= 0.6 is 22.6 Å². The molecule has 0 radical (unpaired) electrons. The van der Waals surface area contributed by atoms with Crippen LogP contribution in [-0.2, 0) is 13.5 Å². The molecule has 0 aliphatic rings. The van der Waals surface area contributed by atoms with Crippen LogP contribution in [0.1, 0.15) is 19.0 Å². The molecule has 106 valence electrons. The van der Waals surface area contributed by atoms with Crippen molar-refractivity contribution in [3.05, 3.63) is 43.6 Å². The van der Waals surface area contributed by atoms with Gasteiger partial charge in [0.15, 0.2) is 0 Å². The predicted molar refractivity (Wildman–Crippen MR) is 83.1 cm³/mol. The maximum absolute atomic E-state index is 11.3. The number of hydrogen-bond donors (Lipinski definition) is 0. The summed E-state index contributed by atoms with van der Waals surface area (Å²) >= 11 is 2.16. The van der Waals surface area contributed by atoms with E-state index in [1.807, 2.05) is 25.1 Å². The van der Waals surface area contributed by atoms with Gasteiger partial charge in [0.05, 0.1) is 4.92 Å². The van der Waals surface area contributed by atoms with Crippen LogP contribution in [0.4, 0.5) is 5.69 Å². The van der Waals surface area contributed by atoms with Crippen LogP contribution in [0.3, 0.4) is 0 Å². The molecular weight excluding hydrogens is 373 g/mol. The third-order valence-corrected chi connectivity index (χ3v) is 3.39. The highest BCUT2D eigenvalue weighted by Gasteiger charge is 2.28. The number of ether oxygens (including phenoxy) is 1. The van der Waals surface area contributed by atoms with E-state index in [-0.39, 0.29) is 11.6 Å². The van der Waals surface area contributed by atoms with Crippen molar-refractivity contribution in [2.24, 2.45) is 7.05 Å². The lowest BCUT2D eigenvalue weighted by atomic mass is 10.2. The lowest BCUT2D eigenvalue weighted by molar-refractivity contribution is -0.386. The maximum Gasteiger partial charge on any atom is 0.353 e. The lowest BCUT2D eigenvalue weighted by Crippen LogP contribution is -1.97. The topological polar surface area (TPSA) is 70.2 Å². The number of aryl methyl sites for hydroxylation is 2. The second-order valence-corrected chi connectivity index (χ2v) is 5.54. The van der Waals surface area contributed by atoms with Gasteiger partial charge in [-0.25, -0.2) is 4.68 Å². The lowest BCUT2D eigenvalue weighted by Gasteiger charge is -2.05. The molecule has 1 aromatic heterocycles. The monoisotopic (exact) mass is 387 g/mol. The van der Waals surface area contributed by atoms with Gasteiger partial charge < -0.3 is 4.74 Å². The van der Waals surface area contributed by atoms with Crippen LogP contribution in [0.15, 0.2) is 24.3 Å². The molecule has 2 aromatic rings. The first kappa shape index (κ1) is 14.8. The average Bonchev–Trinajstić information content (AvgIpc) is 2.66. The second-order valence-electron chi connectivity index (χ2n) is 4.29. The maximum atomic E-state index is 11.3. The fourth-order valence-electron chi connectivity index (χ4n) is 1.90. The fourth-order valence-corrected chi connectivity index (χ4v) is 2.41. The summed E-state index contributed by atoms with van der Waals surface area (Å²) in [5.74, 6) is 0.728. The molecule has 1 heterocycles. The predicted octanol–water partition coefficient (Wildman–Crippen LogP) is 3.68. The number of halogens is 1. The summed E-state index contributed by atoms with van der Waals surface area (Å²) in [6, 6.07) is 7.34. The molecule has 0 aliphatic carbocycles. The van der Waals surface area contributed by atoms with Gasteiger partial charge in [-0.1, -0.05) is 19.4 Å². The van der Waals surface area contributed by atoms with Gasteiger partial charge in [-0.05, 0) is 47.2 Å². The second kappa shape index (κ2) is 6.21. The van der Waals surface area contributed by atoms with E-state index in [2.05, 4.69) is 27.7 Å². The van der Waals surface area contributed by atoms with Crippen LogP contribution in [0.2, 0.25) is 0 Å². The third kappa shape index (κ3) is 3.09. The van der Waals surface area contributed by atoms with Gasteiger partial charge in [-0.15, -0.1) is 0 Å². The highest BCUT2D eigenvalue weighted by atomic mass is 127. The number of nitrogens with zero attached hydrogens (tertiary/aromatic N) is 3. The molecule has 7 heteroatoms. The Bertz CT molecular complexity index is 640. The van der Waals surface area contributed by atoms with Gasteiger partial charge in [0.2, 0.25) is 0 Å². The molecule has 0 aliphatic heterocycles. The minimum absolute atomic E-state index is 0.0480. The van der Waals surface area contributed by atoms with E-state index in [9.17, 15) is 10.1 Å². The highest BCUT2D eigenvalue weighted by molar-refractivity contribution is 14.1. The van der Waals surface area contributed by atoms with E-state index in [1.54, 1.807) is 13.1 Å². The summed E-state index contributed by atoms with van der Waals surface area (Å²) in [6.07, 6.45) is 1.35. The molecular formula is C13H14IN3O3. The zero-order chi connectivity index (χ0) is 14.7. The molecule has 0 unspecified atom stereocenters. The quantitative estimate of drug-likeness (QED) is 0.446. The van der Waals surface area contributed by atoms with Crippen LogP contribution in [0.25, 0.3) is 0 Å². The SMILES string of the molecule is CCCc1nn(C)c(Oc2cccc(I)c2)c1[N+](=O)[O-].